The quantitative estimate of drug-likeness (QED) is 0.765. The summed E-state index contributed by atoms with van der Waals surface area (Å²) in [5.74, 6) is 1.05. The number of ether oxygens (including phenoxy) is 1. The van der Waals surface area contributed by atoms with E-state index in [0.29, 0.717) is 13.2 Å². The summed E-state index contributed by atoms with van der Waals surface area (Å²) in [7, 11) is 2.17. The third-order valence-corrected chi connectivity index (χ3v) is 4.71. The fourth-order valence-corrected chi connectivity index (χ4v) is 3.18. The maximum Gasteiger partial charge on any atom is 0.249 e. The summed E-state index contributed by atoms with van der Waals surface area (Å²) in [6.45, 7) is 10.2. The Bertz CT molecular complexity index is 537. The Morgan fingerprint density at radius 3 is 2.74 bits per heavy atom. The number of hydrogen-bond donors (Lipinski definition) is 0. The molecule has 1 aromatic rings. The largest absolute Gasteiger partial charge is 0.372 e. The van der Waals surface area contributed by atoms with Crippen LogP contribution in [-0.4, -0.2) is 83.1 Å². The van der Waals surface area contributed by atoms with Crippen molar-refractivity contribution in [3.8, 4) is 0 Å². The molecular weight excluding hydrogens is 294 g/mol. The maximum atomic E-state index is 12.1. The normalized spacial score (nSPS) is 19.8. The minimum absolute atomic E-state index is 0.0571. The highest BCUT2D eigenvalue weighted by molar-refractivity contribution is 5.77. The second-order valence-corrected chi connectivity index (χ2v) is 6.35. The number of likely N-dealkylation sites (N-methyl/N-ethyl adjacent to an activating group) is 1. The average molecular weight is 321 g/mol. The zero-order chi connectivity index (χ0) is 16.2. The lowest BCUT2D eigenvalue weighted by Crippen LogP contribution is -2.44. The fraction of sp³-hybridized carbons (Fsp3) is 0.750. The molecule has 2 aliphatic heterocycles. The van der Waals surface area contributed by atoms with Gasteiger partial charge >= 0.3 is 0 Å². The minimum Gasteiger partial charge on any atom is -0.372 e. The maximum absolute atomic E-state index is 12.1. The summed E-state index contributed by atoms with van der Waals surface area (Å²) in [5.41, 5.74) is 1.27. The third-order valence-electron chi connectivity index (χ3n) is 4.71. The highest BCUT2D eigenvalue weighted by Gasteiger charge is 2.24. The van der Waals surface area contributed by atoms with E-state index in [9.17, 15) is 4.79 Å². The van der Waals surface area contributed by atoms with Gasteiger partial charge in [-0.3, -0.25) is 9.69 Å². The van der Waals surface area contributed by atoms with E-state index in [1.54, 1.807) is 0 Å². The van der Waals surface area contributed by atoms with Crippen LogP contribution >= 0.6 is 0 Å². The molecule has 3 rings (SSSR count). The first-order valence-electron chi connectivity index (χ1n) is 8.47. The molecule has 7 heteroatoms. The predicted octanol–water partition coefficient (Wildman–Crippen LogP) is 0.00920. The Morgan fingerprint density at radius 2 is 2.00 bits per heavy atom. The van der Waals surface area contributed by atoms with Crippen LogP contribution in [0.25, 0.3) is 0 Å². The van der Waals surface area contributed by atoms with Crippen LogP contribution in [0, 0.1) is 0 Å². The Hall–Kier alpha value is -1.44. The van der Waals surface area contributed by atoms with Gasteiger partial charge in [0, 0.05) is 58.6 Å². The smallest absolute Gasteiger partial charge is 0.249 e. The summed E-state index contributed by atoms with van der Waals surface area (Å²) < 4.78 is 7.50. The summed E-state index contributed by atoms with van der Waals surface area (Å²) in [5, 5.41) is 0. The molecule has 3 heterocycles. The highest BCUT2D eigenvalue weighted by Crippen LogP contribution is 2.16. The lowest BCUT2D eigenvalue weighted by Gasteiger charge is -2.33. The standard InChI is InChI=1S/C16H27N5O2/c1-3-23-13-16(22)20-8-9-21-14(10-17-15(21)12-20)11-19-6-4-18(2)5-7-19/h10H,3-9,11-13H2,1-2H3. The van der Waals surface area contributed by atoms with E-state index in [2.05, 4.69) is 26.4 Å². The fourth-order valence-electron chi connectivity index (χ4n) is 3.18. The zero-order valence-corrected chi connectivity index (χ0v) is 14.2. The van der Waals surface area contributed by atoms with E-state index in [1.165, 1.54) is 5.69 Å². The summed E-state index contributed by atoms with van der Waals surface area (Å²) in [4.78, 5) is 23.3. The van der Waals surface area contributed by atoms with Gasteiger partial charge in [-0.2, -0.15) is 0 Å². The van der Waals surface area contributed by atoms with Gasteiger partial charge in [-0.1, -0.05) is 0 Å². The molecule has 0 radical (unpaired) electrons. The molecule has 0 atom stereocenters. The van der Waals surface area contributed by atoms with Crippen molar-refractivity contribution in [3.05, 3.63) is 17.7 Å². The van der Waals surface area contributed by atoms with Gasteiger partial charge in [0.05, 0.1) is 12.2 Å². The molecule has 128 valence electrons. The Labute approximate surface area is 137 Å². The van der Waals surface area contributed by atoms with Crippen LogP contribution in [0.15, 0.2) is 6.20 Å². The van der Waals surface area contributed by atoms with E-state index >= 15 is 0 Å². The van der Waals surface area contributed by atoms with Crippen LogP contribution in [0.3, 0.4) is 0 Å². The van der Waals surface area contributed by atoms with Gasteiger partial charge in [0.15, 0.2) is 0 Å². The van der Waals surface area contributed by atoms with Gasteiger partial charge in [0.25, 0.3) is 0 Å². The van der Waals surface area contributed by atoms with Crippen LogP contribution in [0.4, 0.5) is 0 Å². The average Bonchev–Trinajstić information content (AvgIpc) is 2.97. The number of carbonyl (C=O) groups excluding carboxylic acids is 1. The second kappa shape index (κ2) is 7.42. The Balaban J connectivity index is 1.58. The van der Waals surface area contributed by atoms with Crippen molar-refractivity contribution in [3.63, 3.8) is 0 Å². The van der Waals surface area contributed by atoms with Crippen molar-refractivity contribution < 1.29 is 9.53 Å². The lowest BCUT2D eigenvalue weighted by atomic mass is 10.3. The molecule has 2 aliphatic rings. The summed E-state index contributed by atoms with van der Waals surface area (Å²) >= 11 is 0. The van der Waals surface area contributed by atoms with Gasteiger partial charge < -0.3 is 19.1 Å². The zero-order valence-electron chi connectivity index (χ0n) is 14.2. The summed E-state index contributed by atoms with van der Waals surface area (Å²) in [6, 6.07) is 0. The van der Waals surface area contributed by atoms with Crippen molar-refractivity contribution in [1.82, 2.24) is 24.3 Å². The number of fused-ring (bicyclic) bond motifs is 1. The van der Waals surface area contributed by atoms with Crippen molar-refractivity contribution in [1.29, 1.82) is 0 Å². The van der Waals surface area contributed by atoms with Gasteiger partial charge in [0.1, 0.15) is 12.4 Å². The van der Waals surface area contributed by atoms with Gasteiger partial charge in [-0.25, -0.2) is 4.98 Å². The van der Waals surface area contributed by atoms with Crippen LogP contribution < -0.4 is 0 Å². The molecule has 7 nitrogen and oxygen atoms in total. The molecule has 0 bridgehead atoms. The van der Waals surface area contributed by atoms with Crippen molar-refractivity contribution in [2.75, 3.05) is 53.0 Å². The van der Waals surface area contributed by atoms with E-state index < -0.39 is 0 Å². The molecule has 0 spiro atoms. The lowest BCUT2D eigenvalue weighted by molar-refractivity contribution is -0.137. The molecule has 1 fully saturated rings. The first-order chi connectivity index (χ1) is 11.2. The molecule has 23 heavy (non-hydrogen) atoms. The first-order valence-corrected chi connectivity index (χ1v) is 8.47. The predicted molar refractivity (Wildman–Crippen MR) is 86.9 cm³/mol. The molecule has 0 N–H and O–H groups in total. The van der Waals surface area contributed by atoms with Gasteiger partial charge in [0.2, 0.25) is 5.91 Å². The molecule has 1 aromatic heterocycles. The topological polar surface area (TPSA) is 53.8 Å². The number of nitrogens with zero attached hydrogens (tertiary/aromatic N) is 5. The molecule has 0 aromatic carbocycles. The van der Waals surface area contributed by atoms with E-state index in [-0.39, 0.29) is 12.5 Å². The van der Waals surface area contributed by atoms with Gasteiger partial charge in [-0.05, 0) is 14.0 Å². The molecule has 0 saturated carbocycles. The molecule has 1 amide bonds. The number of imidazole rings is 1. The SMILES string of the molecule is CCOCC(=O)N1CCn2c(CN3CCN(C)CC3)cnc2C1. The number of carbonyl (C=O) groups is 1. The molecular formula is C16H27N5O2. The third kappa shape index (κ3) is 3.91. The van der Waals surface area contributed by atoms with E-state index in [4.69, 9.17) is 4.74 Å². The van der Waals surface area contributed by atoms with Crippen LogP contribution in [-0.2, 0) is 29.2 Å². The van der Waals surface area contributed by atoms with Gasteiger partial charge in [-0.15, -0.1) is 0 Å². The molecule has 1 saturated heterocycles. The number of aromatic nitrogens is 2. The van der Waals surface area contributed by atoms with E-state index in [1.807, 2.05) is 18.0 Å². The molecule has 0 unspecified atom stereocenters. The van der Waals surface area contributed by atoms with Crippen LogP contribution in [0.2, 0.25) is 0 Å². The number of rotatable bonds is 5. The highest BCUT2D eigenvalue weighted by atomic mass is 16.5. The van der Waals surface area contributed by atoms with E-state index in [0.717, 1.165) is 51.6 Å². The monoisotopic (exact) mass is 321 g/mol. The number of hydrogen-bond acceptors (Lipinski definition) is 5. The molecule has 0 aliphatic carbocycles. The Morgan fingerprint density at radius 1 is 1.22 bits per heavy atom. The van der Waals surface area contributed by atoms with Crippen LogP contribution in [0.1, 0.15) is 18.4 Å². The number of piperazine rings is 1. The minimum atomic E-state index is 0.0571. The summed E-state index contributed by atoms with van der Waals surface area (Å²) in [6.07, 6.45) is 1.98. The Kier molecular flexibility index (Phi) is 5.30. The second-order valence-electron chi connectivity index (χ2n) is 6.35. The number of amides is 1. The van der Waals surface area contributed by atoms with Crippen molar-refractivity contribution in [2.24, 2.45) is 0 Å². The first kappa shape index (κ1) is 16.4. The van der Waals surface area contributed by atoms with Crippen LogP contribution in [0.5, 0.6) is 0 Å². The van der Waals surface area contributed by atoms with Crippen molar-refractivity contribution >= 4 is 5.91 Å². The van der Waals surface area contributed by atoms with Crippen molar-refractivity contribution in [2.45, 2.75) is 26.6 Å².